The van der Waals surface area contributed by atoms with Gasteiger partial charge in [0.15, 0.2) is 5.52 Å². The Labute approximate surface area is 107 Å². The molecule has 1 aromatic carbocycles. The van der Waals surface area contributed by atoms with Crippen LogP contribution in [0.5, 0.6) is 0 Å². The van der Waals surface area contributed by atoms with Gasteiger partial charge in [-0.3, -0.25) is 14.5 Å². The van der Waals surface area contributed by atoms with Crippen molar-refractivity contribution in [1.82, 2.24) is 15.2 Å². The van der Waals surface area contributed by atoms with Gasteiger partial charge in [0, 0.05) is 18.7 Å². The summed E-state index contributed by atoms with van der Waals surface area (Å²) in [4.78, 5) is 24.0. The van der Waals surface area contributed by atoms with E-state index in [2.05, 4.69) is 20.3 Å². The number of fused-ring (bicyclic) bond motifs is 1. The number of carbonyl (C=O) groups is 2. The van der Waals surface area contributed by atoms with Crippen molar-refractivity contribution in [2.45, 2.75) is 6.92 Å². The van der Waals surface area contributed by atoms with Gasteiger partial charge in [0.05, 0.1) is 12.2 Å². The monoisotopic (exact) mass is 258 g/mol. The molecule has 0 aliphatic carbocycles. The Kier molecular flexibility index (Phi) is 2.52. The Morgan fingerprint density at radius 2 is 2.26 bits per heavy atom. The third kappa shape index (κ3) is 1.95. The summed E-state index contributed by atoms with van der Waals surface area (Å²) >= 11 is 0. The van der Waals surface area contributed by atoms with Crippen molar-refractivity contribution in [3.63, 3.8) is 0 Å². The molecule has 1 aromatic heterocycles. The van der Waals surface area contributed by atoms with Gasteiger partial charge in [-0.05, 0) is 22.4 Å². The van der Waals surface area contributed by atoms with Crippen LogP contribution in [0, 0.1) is 0 Å². The highest BCUT2D eigenvalue weighted by molar-refractivity contribution is 6.03. The molecular formula is C12H10N4O3. The molecule has 2 amide bonds. The average molecular weight is 258 g/mol. The van der Waals surface area contributed by atoms with E-state index in [1.54, 1.807) is 18.2 Å². The molecule has 2 aromatic rings. The fourth-order valence-electron chi connectivity index (χ4n) is 1.94. The smallest absolute Gasteiger partial charge is 0.255 e. The molecule has 0 bridgehead atoms. The summed E-state index contributed by atoms with van der Waals surface area (Å²) < 4.78 is 4.66. The van der Waals surface area contributed by atoms with Crippen LogP contribution in [-0.4, -0.2) is 33.6 Å². The van der Waals surface area contributed by atoms with Crippen molar-refractivity contribution in [3.8, 4) is 0 Å². The van der Waals surface area contributed by atoms with Crippen LogP contribution in [0.25, 0.3) is 11.0 Å². The Morgan fingerprint density at radius 3 is 3.00 bits per heavy atom. The van der Waals surface area contributed by atoms with E-state index in [4.69, 9.17) is 0 Å². The number of anilines is 1. The lowest BCUT2D eigenvalue weighted by atomic mass is 10.2. The number of benzene rings is 1. The van der Waals surface area contributed by atoms with Crippen molar-refractivity contribution >= 4 is 28.5 Å². The zero-order valence-electron chi connectivity index (χ0n) is 10.1. The standard InChI is InChI=1S/C12H10N4O3/c1-7(17)16-6-8(5-11(16)18)13-9-3-2-4-10-12(9)15-19-14-10/h2-5,13H,6H2,1H3. The maximum Gasteiger partial charge on any atom is 0.255 e. The van der Waals surface area contributed by atoms with Crippen LogP contribution in [0.15, 0.2) is 34.6 Å². The van der Waals surface area contributed by atoms with E-state index in [0.717, 1.165) is 4.90 Å². The van der Waals surface area contributed by atoms with Gasteiger partial charge in [0.2, 0.25) is 5.91 Å². The number of nitrogens with zero attached hydrogens (tertiary/aromatic N) is 3. The van der Waals surface area contributed by atoms with E-state index < -0.39 is 0 Å². The van der Waals surface area contributed by atoms with E-state index >= 15 is 0 Å². The summed E-state index contributed by atoms with van der Waals surface area (Å²) in [6.07, 6.45) is 1.40. The van der Waals surface area contributed by atoms with E-state index in [9.17, 15) is 9.59 Å². The second kappa shape index (κ2) is 4.20. The van der Waals surface area contributed by atoms with E-state index in [1.807, 2.05) is 0 Å². The number of hydrogen-bond donors (Lipinski definition) is 1. The molecule has 1 N–H and O–H groups in total. The summed E-state index contributed by atoms with van der Waals surface area (Å²) in [5.41, 5.74) is 2.52. The van der Waals surface area contributed by atoms with Gasteiger partial charge in [-0.2, -0.15) is 0 Å². The maximum atomic E-state index is 11.6. The summed E-state index contributed by atoms with van der Waals surface area (Å²) in [6, 6.07) is 5.37. The van der Waals surface area contributed by atoms with E-state index in [-0.39, 0.29) is 18.4 Å². The highest BCUT2D eigenvalue weighted by Gasteiger charge is 2.25. The molecule has 96 valence electrons. The normalized spacial score (nSPS) is 14.9. The molecule has 7 heteroatoms. The Bertz CT molecular complexity index is 704. The second-order valence-corrected chi connectivity index (χ2v) is 4.18. The number of aromatic nitrogens is 2. The fraction of sp³-hybridized carbons (Fsp3) is 0.167. The summed E-state index contributed by atoms with van der Waals surface area (Å²) in [5, 5.41) is 10.6. The minimum absolute atomic E-state index is 0.232. The zero-order valence-corrected chi connectivity index (χ0v) is 10.1. The van der Waals surface area contributed by atoms with Crippen LogP contribution in [0.4, 0.5) is 5.69 Å². The van der Waals surface area contributed by atoms with Gasteiger partial charge < -0.3 is 5.32 Å². The molecule has 0 unspecified atom stereocenters. The number of hydrogen-bond acceptors (Lipinski definition) is 6. The van der Waals surface area contributed by atoms with E-state index in [1.165, 1.54) is 13.0 Å². The Balaban J connectivity index is 1.87. The maximum absolute atomic E-state index is 11.6. The average Bonchev–Trinajstić information content (AvgIpc) is 2.96. The van der Waals surface area contributed by atoms with Gasteiger partial charge in [0.1, 0.15) is 5.52 Å². The van der Waals surface area contributed by atoms with Crippen LogP contribution < -0.4 is 5.32 Å². The van der Waals surface area contributed by atoms with Gasteiger partial charge >= 0.3 is 0 Å². The van der Waals surface area contributed by atoms with Crippen LogP contribution in [0.3, 0.4) is 0 Å². The second-order valence-electron chi connectivity index (χ2n) is 4.18. The van der Waals surface area contributed by atoms with Gasteiger partial charge in [0.25, 0.3) is 5.91 Å². The highest BCUT2D eigenvalue weighted by atomic mass is 16.6. The predicted molar refractivity (Wildman–Crippen MR) is 65.9 cm³/mol. The number of rotatable bonds is 2. The highest BCUT2D eigenvalue weighted by Crippen LogP contribution is 2.22. The number of nitrogens with one attached hydrogen (secondary N) is 1. The lowest BCUT2D eigenvalue weighted by molar-refractivity contribution is -0.138. The topological polar surface area (TPSA) is 88.3 Å². The van der Waals surface area contributed by atoms with Crippen molar-refractivity contribution in [1.29, 1.82) is 0 Å². The van der Waals surface area contributed by atoms with Crippen molar-refractivity contribution < 1.29 is 14.2 Å². The van der Waals surface area contributed by atoms with Crippen LogP contribution in [-0.2, 0) is 9.59 Å². The molecule has 0 saturated heterocycles. The third-order valence-electron chi connectivity index (χ3n) is 2.85. The molecule has 1 aliphatic heterocycles. The van der Waals surface area contributed by atoms with Crippen molar-refractivity contribution in [2.24, 2.45) is 0 Å². The first-order valence-electron chi connectivity index (χ1n) is 5.66. The zero-order chi connectivity index (χ0) is 13.4. The molecule has 0 fully saturated rings. The van der Waals surface area contributed by atoms with Crippen molar-refractivity contribution in [2.75, 3.05) is 11.9 Å². The Morgan fingerprint density at radius 1 is 1.42 bits per heavy atom. The molecule has 19 heavy (non-hydrogen) atoms. The third-order valence-corrected chi connectivity index (χ3v) is 2.85. The van der Waals surface area contributed by atoms with Gasteiger partial charge in [-0.15, -0.1) is 0 Å². The molecule has 3 rings (SSSR count). The summed E-state index contributed by atoms with van der Waals surface area (Å²) in [5.74, 6) is -0.597. The van der Waals surface area contributed by atoms with Crippen molar-refractivity contribution in [3.05, 3.63) is 30.0 Å². The quantitative estimate of drug-likeness (QED) is 0.861. The largest absolute Gasteiger partial charge is 0.355 e. The van der Waals surface area contributed by atoms with Gasteiger partial charge in [-0.1, -0.05) is 6.07 Å². The molecule has 0 radical (unpaired) electrons. The summed E-state index contributed by atoms with van der Waals surface area (Å²) in [7, 11) is 0. The molecule has 0 atom stereocenters. The number of carbonyl (C=O) groups excluding carboxylic acids is 2. The molecule has 2 heterocycles. The first kappa shape index (κ1) is 11.4. The molecule has 1 aliphatic rings. The van der Waals surface area contributed by atoms with E-state index in [0.29, 0.717) is 22.4 Å². The SMILES string of the molecule is CC(=O)N1CC(Nc2cccc3nonc23)=CC1=O. The summed E-state index contributed by atoms with van der Waals surface area (Å²) in [6.45, 7) is 1.59. The Hall–Kier alpha value is -2.70. The minimum Gasteiger partial charge on any atom is -0.355 e. The van der Waals surface area contributed by atoms with Crippen LogP contribution in [0.1, 0.15) is 6.92 Å². The number of imide groups is 1. The first-order chi connectivity index (χ1) is 9.15. The lowest BCUT2D eigenvalue weighted by Gasteiger charge is -2.12. The van der Waals surface area contributed by atoms with Crippen LogP contribution >= 0.6 is 0 Å². The molecule has 0 saturated carbocycles. The van der Waals surface area contributed by atoms with Crippen LogP contribution in [0.2, 0.25) is 0 Å². The molecule has 7 nitrogen and oxygen atoms in total. The minimum atomic E-state index is -0.319. The van der Waals surface area contributed by atoms with Gasteiger partial charge in [-0.25, -0.2) is 4.63 Å². The first-order valence-corrected chi connectivity index (χ1v) is 5.66. The molecule has 0 spiro atoms. The lowest BCUT2D eigenvalue weighted by Crippen LogP contribution is -2.31. The molecular weight excluding hydrogens is 248 g/mol. The fourth-order valence-corrected chi connectivity index (χ4v) is 1.94. The predicted octanol–water partition coefficient (Wildman–Crippen LogP) is 0.907. The number of amides is 2.